The Hall–Kier alpha value is -1.84. The van der Waals surface area contributed by atoms with Gasteiger partial charge in [0.1, 0.15) is 0 Å². The molecule has 0 heterocycles. The van der Waals surface area contributed by atoms with Gasteiger partial charge in [0.2, 0.25) is 5.91 Å². The molecule has 1 aromatic carbocycles. The fourth-order valence-electron chi connectivity index (χ4n) is 0.938. The van der Waals surface area contributed by atoms with Gasteiger partial charge in [0.15, 0.2) is 11.6 Å². The van der Waals surface area contributed by atoms with E-state index in [9.17, 15) is 9.18 Å². The van der Waals surface area contributed by atoms with Crippen LogP contribution in [-0.4, -0.2) is 11.0 Å². The van der Waals surface area contributed by atoms with Crippen molar-refractivity contribution < 1.29 is 14.3 Å². The molecule has 14 heavy (non-hydrogen) atoms. The molecule has 0 bridgehead atoms. The predicted octanol–water partition coefficient (Wildman–Crippen LogP) is 1.42. The van der Waals surface area contributed by atoms with Gasteiger partial charge in [0.25, 0.3) is 0 Å². The number of aromatic hydroxyl groups is 1. The SMILES string of the molecule is NC(=O)CC=Cc1ccc(O)c(F)c1. The first-order chi connectivity index (χ1) is 6.59. The lowest BCUT2D eigenvalue weighted by Gasteiger charge is -1.96. The number of phenolic OH excluding ortho intramolecular Hbond substituents is 1. The summed E-state index contributed by atoms with van der Waals surface area (Å²) >= 11 is 0. The summed E-state index contributed by atoms with van der Waals surface area (Å²) in [7, 11) is 0. The molecular weight excluding hydrogens is 185 g/mol. The summed E-state index contributed by atoms with van der Waals surface area (Å²) in [5.41, 5.74) is 5.48. The lowest BCUT2D eigenvalue weighted by molar-refractivity contribution is -0.117. The number of carbonyl (C=O) groups is 1. The maximum absolute atomic E-state index is 12.8. The van der Waals surface area contributed by atoms with Crippen LogP contribution in [0.3, 0.4) is 0 Å². The number of nitrogens with two attached hydrogens (primary N) is 1. The van der Waals surface area contributed by atoms with E-state index in [0.717, 1.165) is 0 Å². The van der Waals surface area contributed by atoms with Gasteiger partial charge in [0, 0.05) is 6.42 Å². The smallest absolute Gasteiger partial charge is 0.221 e. The van der Waals surface area contributed by atoms with E-state index >= 15 is 0 Å². The minimum atomic E-state index is -0.689. The van der Waals surface area contributed by atoms with Crippen molar-refractivity contribution in [3.63, 3.8) is 0 Å². The van der Waals surface area contributed by atoms with Gasteiger partial charge in [-0.1, -0.05) is 18.2 Å². The average Bonchev–Trinajstić information content (AvgIpc) is 2.10. The van der Waals surface area contributed by atoms with E-state index in [1.807, 2.05) is 0 Å². The molecule has 74 valence electrons. The van der Waals surface area contributed by atoms with Gasteiger partial charge >= 0.3 is 0 Å². The average molecular weight is 195 g/mol. The molecule has 0 atom stereocenters. The molecule has 0 saturated heterocycles. The highest BCUT2D eigenvalue weighted by atomic mass is 19.1. The zero-order chi connectivity index (χ0) is 10.6. The van der Waals surface area contributed by atoms with Gasteiger partial charge < -0.3 is 10.8 Å². The quantitative estimate of drug-likeness (QED) is 0.766. The number of carbonyl (C=O) groups excluding carboxylic acids is 1. The molecule has 4 heteroatoms. The van der Waals surface area contributed by atoms with E-state index in [1.165, 1.54) is 24.3 Å². The van der Waals surface area contributed by atoms with E-state index in [0.29, 0.717) is 5.56 Å². The lowest BCUT2D eigenvalue weighted by Crippen LogP contribution is -2.07. The number of primary amides is 1. The molecular formula is C10H10FNO2. The molecule has 1 aromatic rings. The Labute approximate surface area is 80.7 Å². The van der Waals surface area contributed by atoms with Crippen LogP contribution in [0, 0.1) is 5.82 Å². The Morgan fingerprint density at radius 2 is 2.29 bits per heavy atom. The second-order valence-corrected chi connectivity index (χ2v) is 2.78. The topological polar surface area (TPSA) is 63.3 Å². The highest BCUT2D eigenvalue weighted by Gasteiger charge is 1.98. The van der Waals surface area contributed by atoms with Crippen molar-refractivity contribution in [1.29, 1.82) is 0 Å². The summed E-state index contributed by atoms with van der Waals surface area (Å²) in [6.07, 6.45) is 3.21. The fraction of sp³-hybridized carbons (Fsp3) is 0.100. The maximum atomic E-state index is 12.8. The Morgan fingerprint density at radius 1 is 1.57 bits per heavy atom. The summed E-state index contributed by atoms with van der Waals surface area (Å²) in [5, 5.41) is 8.88. The van der Waals surface area contributed by atoms with Crippen LogP contribution in [0.2, 0.25) is 0 Å². The van der Waals surface area contributed by atoms with Crippen LogP contribution in [0.4, 0.5) is 4.39 Å². The van der Waals surface area contributed by atoms with Crippen LogP contribution in [0.15, 0.2) is 24.3 Å². The standard InChI is InChI=1S/C10H10FNO2/c11-8-6-7(4-5-9(8)13)2-1-3-10(12)14/h1-2,4-6,13H,3H2,(H2,12,14). The largest absolute Gasteiger partial charge is 0.505 e. The van der Waals surface area contributed by atoms with E-state index in [2.05, 4.69) is 0 Å². The lowest BCUT2D eigenvalue weighted by atomic mass is 10.2. The zero-order valence-electron chi connectivity index (χ0n) is 7.40. The van der Waals surface area contributed by atoms with Crippen LogP contribution in [-0.2, 0) is 4.79 Å². The second-order valence-electron chi connectivity index (χ2n) is 2.78. The number of hydrogen-bond acceptors (Lipinski definition) is 2. The molecule has 0 aliphatic carbocycles. The molecule has 0 spiro atoms. The number of amides is 1. The first-order valence-electron chi connectivity index (χ1n) is 4.03. The van der Waals surface area contributed by atoms with Gasteiger partial charge in [-0.3, -0.25) is 4.79 Å². The van der Waals surface area contributed by atoms with E-state index in [-0.39, 0.29) is 6.42 Å². The maximum Gasteiger partial charge on any atom is 0.221 e. The van der Waals surface area contributed by atoms with Crippen molar-refractivity contribution in [2.24, 2.45) is 5.73 Å². The number of phenols is 1. The van der Waals surface area contributed by atoms with Gasteiger partial charge in [0.05, 0.1) is 0 Å². The number of hydrogen-bond donors (Lipinski definition) is 2. The predicted molar refractivity (Wildman–Crippen MR) is 50.9 cm³/mol. The molecule has 0 aliphatic rings. The Morgan fingerprint density at radius 3 is 2.86 bits per heavy atom. The normalized spacial score (nSPS) is 10.6. The fourth-order valence-corrected chi connectivity index (χ4v) is 0.938. The highest BCUT2D eigenvalue weighted by molar-refractivity contribution is 5.76. The van der Waals surface area contributed by atoms with Crippen molar-refractivity contribution in [2.75, 3.05) is 0 Å². The molecule has 0 radical (unpaired) electrons. The van der Waals surface area contributed by atoms with Gasteiger partial charge in [-0.25, -0.2) is 4.39 Å². The molecule has 1 rings (SSSR count). The molecule has 1 amide bonds. The number of rotatable bonds is 3. The summed E-state index contributed by atoms with van der Waals surface area (Å²) in [6, 6.07) is 3.96. The van der Waals surface area contributed by atoms with Crippen LogP contribution in [0.1, 0.15) is 12.0 Å². The van der Waals surface area contributed by atoms with Crippen LogP contribution < -0.4 is 5.73 Å². The molecule has 0 aliphatic heterocycles. The second kappa shape index (κ2) is 4.41. The molecule has 0 unspecified atom stereocenters. The van der Waals surface area contributed by atoms with Gasteiger partial charge in [-0.05, 0) is 17.7 Å². The molecule has 3 N–H and O–H groups in total. The first-order valence-corrected chi connectivity index (χ1v) is 4.03. The minimum absolute atomic E-state index is 0.114. The van der Waals surface area contributed by atoms with Crippen LogP contribution in [0.25, 0.3) is 6.08 Å². The third kappa shape index (κ3) is 2.90. The van der Waals surface area contributed by atoms with Crippen LogP contribution in [0.5, 0.6) is 5.75 Å². The van der Waals surface area contributed by atoms with Crippen LogP contribution >= 0.6 is 0 Å². The summed E-state index contributed by atoms with van der Waals surface area (Å²) in [6.45, 7) is 0. The number of halogens is 1. The van der Waals surface area contributed by atoms with Crippen molar-refractivity contribution in [3.05, 3.63) is 35.7 Å². The van der Waals surface area contributed by atoms with Gasteiger partial charge in [-0.15, -0.1) is 0 Å². The van der Waals surface area contributed by atoms with E-state index in [1.54, 1.807) is 6.08 Å². The Kier molecular flexibility index (Phi) is 3.23. The van der Waals surface area contributed by atoms with Crippen molar-refractivity contribution in [1.82, 2.24) is 0 Å². The number of benzene rings is 1. The van der Waals surface area contributed by atoms with Crippen molar-refractivity contribution in [3.8, 4) is 5.75 Å². The minimum Gasteiger partial charge on any atom is -0.505 e. The first kappa shape index (κ1) is 10.2. The zero-order valence-corrected chi connectivity index (χ0v) is 7.40. The Bertz CT molecular complexity index is 374. The highest BCUT2D eigenvalue weighted by Crippen LogP contribution is 2.16. The summed E-state index contributed by atoms with van der Waals surface area (Å²) < 4.78 is 12.8. The monoisotopic (exact) mass is 195 g/mol. The van der Waals surface area contributed by atoms with Crippen molar-refractivity contribution >= 4 is 12.0 Å². The molecule has 0 saturated carbocycles. The van der Waals surface area contributed by atoms with E-state index < -0.39 is 17.5 Å². The molecule has 0 fully saturated rings. The molecule has 0 aromatic heterocycles. The summed E-state index contributed by atoms with van der Waals surface area (Å²) in [4.78, 5) is 10.4. The summed E-state index contributed by atoms with van der Waals surface area (Å²) in [5.74, 6) is -1.52. The van der Waals surface area contributed by atoms with Gasteiger partial charge in [-0.2, -0.15) is 0 Å². The Balaban J connectivity index is 2.73. The third-order valence-corrected chi connectivity index (χ3v) is 1.60. The molecule has 3 nitrogen and oxygen atoms in total. The third-order valence-electron chi connectivity index (χ3n) is 1.60. The van der Waals surface area contributed by atoms with E-state index in [4.69, 9.17) is 10.8 Å². The van der Waals surface area contributed by atoms with Crippen molar-refractivity contribution in [2.45, 2.75) is 6.42 Å².